The molecule has 9 heteroatoms. The summed E-state index contributed by atoms with van der Waals surface area (Å²) < 4.78 is 5.43. The van der Waals surface area contributed by atoms with Gasteiger partial charge in [-0.15, -0.1) is 0 Å². The van der Waals surface area contributed by atoms with E-state index in [9.17, 15) is 10.1 Å². The molecule has 0 unspecified atom stereocenters. The lowest BCUT2D eigenvalue weighted by Gasteiger charge is -2.25. The van der Waals surface area contributed by atoms with Crippen molar-refractivity contribution in [2.45, 2.75) is 6.42 Å². The van der Waals surface area contributed by atoms with E-state index in [4.69, 9.17) is 16.2 Å². The zero-order chi connectivity index (χ0) is 20.8. The van der Waals surface area contributed by atoms with Crippen molar-refractivity contribution in [2.24, 2.45) is 0 Å². The molecule has 2 aliphatic heterocycles. The molecule has 1 aromatic carbocycles. The minimum atomic E-state index is -0.126. The van der Waals surface area contributed by atoms with Gasteiger partial charge in [0.1, 0.15) is 23.3 Å². The molecule has 1 fully saturated rings. The Morgan fingerprint density at radius 1 is 1.13 bits per heavy atom. The zero-order valence-corrected chi connectivity index (χ0v) is 16.2. The summed E-state index contributed by atoms with van der Waals surface area (Å²) in [6.07, 6.45) is 0.120. The summed E-state index contributed by atoms with van der Waals surface area (Å²) in [5.74, 6) is 1.44. The van der Waals surface area contributed by atoms with Crippen LogP contribution in [-0.4, -0.2) is 37.2 Å². The number of amides is 1. The maximum atomic E-state index is 13.0. The molecule has 30 heavy (non-hydrogen) atoms. The molecule has 2 aliphatic rings. The second-order valence-corrected chi connectivity index (χ2v) is 7.26. The number of para-hydroxylation sites is 1. The van der Waals surface area contributed by atoms with Crippen LogP contribution in [0.3, 0.4) is 0 Å². The maximum Gasteiger partial charge on any atom is 0.240 e. The number of hydrogen-bond acceptors (Lipinski definition) is 7. The third-order valence-corrected chi connectivity index (χ3v) is 5.56. The first-order chi connectivity index (χ1) is 14.6. The van der Waals surface area contributed by atoms with Crippen LogP contribution < -0.4 is 26.3 Å². The predicted molar refractivity (Wildman–Crippen MR) is 112 cm³/mol. The highest BCUT2D eigenvalue weighted by Crippen LogP contribution is 2.43. The number of carbonyl (C=O) groups excluding carboxylic acids is 1. The van der Waals surface area contributed by atoms with Crippen LogP contribution in [0.25, 0.3) is 10.8 Å². The molecule has 0 bridgehead atoms. The van der Waals surface area contributed by atoms with Crippen molar-refractivity contribution in [1.29, 1.82) is 5.26 Å². The Morgan fingerprint density at radius 3 is 2.57 bits per heavy atom. The van der Waals surface area contributed by atoms with Crippen molar-refractivity contribution in [3.63, 3.8) is 0 Å². The number of nitrogens with two attached hydrogens (primary N) is 2. The van der Waals surface area contributed by atoms with E-state index >= 15 is 0 Å². The number of nitriles is 1. The summed E-state index contributed by atoms with van der Waals surface area (Å²) in [7, 11) is 0. The summed E-state index contributed by atoms with van der Waals surface area (Å²) >= 11 is 0. The number of carbonyl (C=O) groups is 1. The number of nitrogens with one attached hydrogen (secondary N) is 1. The van der Waals surface area contributed by atoms with Gasteiger partial charge in [-0.1, -0.05) is 18.2 Å². The molecular weight excluding hydrogens is 382 g/mol. The smallest absolute Gasteiger partial charge is 0.240 e. The molecule has 0 aliphatic carbocycles. The first-order valence-corrected chi connectivity index (χ1v) is 9.67. The number of aromatic amines is 1. The zero-order valence-electron chi connectivity index (χ0n) is 16.2. The second-order valence-electron chi connectivity index (χ2n) is 7.26. The van der Waals surface area contributed by atoms with Crippen LogP contribution in [0.1, 0.15) is 11.1 Å². The summed E-state index contributed by atoms with van der Waals surface area (Å²) in [5.41, 5.74) is 14.4. The van der Waals surface area contributed by atoms with Gasteiger partial charge in [-0.25, -0.2) is 9.97 Å². The summed E-state index contributed by atoms with van der Waals surface area (Å²) in [6.45, 7) is 2.39. The molecule has 0 saturated carbocycles. The van der Waals surface area contributed by atoms with Gasteiger partial charge >= 0.3 is 0 Å². The molecule has 1 saturated heterocycles. The Hall–Kier alpha value is -3.90. The fourth-order valence-corrected chi connectivity index (χ4v) is 4.22. The minimum absolute atomic E-state index is 0.120. The number of fused-ring (bicyclic) bond motifs is 3. The lowest BCUT2D eigenvalue weighted by Crippen LogP contribution is -2.40. The van der Waals surface area contributed by atoms with Crippen molar-refractivity contribution in [3.8, 4) is 6.07 Å². The number of nitrogen functional groups attached to an aromatic ring is 2. The first kappa shape index (κ1) is 18.1. The molecule has 5 N–H and O–H groups in total. The van der Waals surface area contributed by atoms with Crippen molar-refractivity contribution in [1.82, 2.24) is 4.98 Å². The van der Waals surface area contributed by atoms with Crippen LogP contribution in [0.5, 0.6) is 0 Å². The normalized spacial score (nSPS) is 16.0. The van der Waals surface area contributed by atoms with Gasteiger partial charge in [-0.2, -0.15) is 5.26 Å². The Bertz CT molecular complexity index is 1210. The molecule has 0 atom stereocenters. The highest BCUT2D eigenvalue weighted by Gasteiger charge is 2.36. The first-order valence-electron chi connectivity index (χ1n) is 9.67. The molecule has 1 amide bonds. The number of aromatic nitrogens is 2. The molecule has 0 spiro atoms. The molecule has 3 aromatic rings. The predicted octanol–water partition coefficient (Wildman–Crippen LogP) is 1.14. The van der Waals surface area contributed by atoms with E-state index in [1.54, 1.807) is 4.90 Å². The summed E-state index contributed by atoms with van der Waals surface area (Å²) in [6, 6.07) is 11.6. The van der Waals surface area contributed by atoms with E-state index in [0.717, 1.165) is 0 Å². The topological polar surface area (TPSA) is 136 Å². The number of hydrogen-bond donors (Lipinski definition) is 2. The Labute approximate surface area is 172 Å². The van der Waals surface area contributed by atoms with E-state index in [2.05, 4.69) is 16.0 Å². The average Bonchev–Trinajstić information content (AvgIpc) is 3.10. The van der Waals surface area contributed by atoms with E-state index in [0.29, 0.717) is 71.3 Å². The van der Waals surface area contributed by atoms with Crippen LogP contribution in [-0.2, 0) is 16.0 Å². The van der Waals surface area contributed by atoms with Crippen molar-refractivity contribution in [2.75, 3.05) is 47.6 Å². The average molecular weight is 402 g/mol. The quantitative estimate of drug-likeness (QED) is 0.656. The van der Waals surface area contributed by atoms with E-state index in [1.807, 2.05) is 35.2 Å². The fourth-order valence-electron chi connectivity index (χ4n) is 4.22. The van der Waals surface area contributed by atoms with Gasteiger partial charge in [0, 0.05) is 10.9 Å². The van der Waals surface area contributed by atoms with Crippen molar-refractivity contribution >= 4 is 45.6 Å². The Morgan fingerprint density at radius 2 is 1.87 bits per heavy atom. The van der Waals surface area contributed by atoms with Crippen molar-refractivity contribution < 1.29 is 14.5 Å². The lowest BCUT2D eigenvalue weighted by molar-refractivity contribution is -0.345. The van der Waals surface area contributed by atoms with Crippen molar-refractivity contribution in [3.05, 3.63) is 41.5 Å². The molecule has 2 aromatic heterocycles. The molecule has 150 valence electrons. The second kappa shape index (κ2) is 6.86. The van der Waals surface area contributed by atoms with Crippen LogP contribution >= 0.6 is 0 Å². The molecule has 4 heterocycles. The number of rotatable bonds is 2. The van der Waals surface area contributed by atoms with Gasteiger partial charge in [0.2, 0.25) is 17.5 Å². The minimum Gasteiger partial charge on any atom is -0.383 e. The van der Waals surface area contributed by atoms with Crippen LogP contribution in [0.4, 0.5) is 29.0 Å². The monoisotopic (exact) mass is 402 g/mol. The number of morpholine rings is 1. The summed E-state index contributed by atoms with van der Waals surface area (Å²) in [4.78, 5) is 24.2. The number of nitrogens with zero attached hydrogens (tertiary/aromatic N) is 4. The third-order valence-electron chi connectivity index (χ3n) is 5.56. The number of benzene rings is 1. The van der Waals surface area contributed by atoms with E-state index in [-0.39, 0.29) is 18.1 Å². The fraction of sp³-hybridized carbons (Fsp3) is 0.238. The maximum absolute atomic E-state index is 13.0. The van der Waals surface area contributed by atoms with E-state index in [1.165, 1.54) is 0 Å². The lowest BCUT2D eigenvalue weighted by atomic mass is 10.0. The SMILES string of the molecule is N#Cc1c(N2CCOCC2)[nH+]c(N)c2c(N)nc3c(c12)CC(=O)N3c1ccccc1. The largest absolute Gasteiger partial charge is 0.383 e. The highest BCUT2D eigenvalue weighted by atomic mass is 16.5. The third kappa shape index (κ3) is 2.62. The van der Waals surface area contributed by atoms with Gasteiger partial charge in [-0.3, -0.25) is 14.6 Å². The van der Waals surface area contributed by atoms with Crippen LogP contribution in [0.2, 0.25) is 0 Å². The number of anilines is 5. The molecule has 9 nitrogen and oxygen atoms in total. The van der Waals surface area contributed by atoms with E-state index < -0.39 is 0 Å². The number of H-pyrrole nitrogens is 1. The van der Waals surface area contributed by atoms with Gasteiger partial charge in [0.25, 0.3) is 0 Å². The highest BCUT2D eigenvalue weighted by molar-refractivity contribution is 6.15. The molecule has 0 radical (unpaired) electrons. The van der Waals surface area contributed by atoms with Gasteiger partial charge < -0.3 is 16.2 Å². The number of ether oxygens (including phenoxy) is 1. The van der Waals surface area contributed by atoms with Crippen LogP contribution in [0, 0.1) is 11.3 Å². The van der Waals surface area contributed by atoms with Crippen LogP contribution in [0.15, 0.2) is 30.3 Å². The van der Waals surface area contributed by atoms with Gasteiger partial charge in [-0.05, 0) is 12.1 Å². The molecular formula is C21H20N7O2+. The molecule has 5 rings (SSSR count). The Kier molecular flexibility index (Phi) is 4.15. The standard InChI is InChI=1S/C21H19N7O2/c22-11-14-16-13-10-15(29)28(12-4-2-1-3-5-12)21(13)26-19(24)17(16)18(23)25-20(14)27-6-8-30-9-7-27/h1-5H,6-10H2,(H2,23,25)(H2,24,26)/p+1. The summed E-state index contributed by atoms with van der Waals surface area (Å²) in [5, 5.41) is 11.1. The van der Waals surface area contributed by atoms with Gasteiger partial charge in [0.15, 0.2) is 0 Å². The van der Waals surface area contributed by atoms with Gasteiger partial charge in [0.05, 0.1) is 43.8 Å². The Balaban J connectivity index is 1.80. The number of pyridine rings is 2.